The zero-order chi connectivity index (χ0) is 15.6. The maximum Gasteiger partial charge on any atom is 0.244 e. The summed E-state index contributed by atoms with van der Waals surface area (Å²) in [6.07, 6.45) is 1.67. The molecule has 21 heavy (non-hydrogen) atoms. The number of hydrogen-bond donors (Lipinski definition) is 1. The Hall–Kier alpha value is -1.42. The molecule has 1 aromatic rings. The van der Waals surface area contributed by atoms with Crippen LogP contribution in [0.15, 0.2) is 23.1 Å². The molecule has 0 bridgehead atoms. The lowest BCUT2D eigenvalue weighted by Crippen LogP contribution is -2.49. The summed E-state index contributed by atoms with van der Waals surface area (Å²) in [6.45, 7) is 3.86. The monoisotopic (exact) mass is 308 g/mol. The van der Waals surface area contributed by atoms with Gasteiger partial charge in [-0.2, -0.15) is 9.57 Å². The molecule has 2 atom stereocenters. The zero-order valence-electron chi connectivity index (χ0n) is 12.3. The number of aliphatic hydroxyl groups excluding tert-OH is 1. The Bertz CT molecular complexity index is 664. The third-order valence-corrected chi connectivity index (χ3v) is 6.15. The second-order valence-electron chi connectivity index (χ2n) is 5.55. The van der Waals surface area contributed by atoms with Crippen LogP contribution in [0.1, 0.15) is 30.9 Å². The summed E-state index contributed by atoms with van der Waals surface area (Å²) >= 11 is 0. The minimum Gasteiger partial charge on any atom is -0.395 e. The van der Waals surface area contributed by atoms with Crippen LogP contribution in [0.3, 0.4) is 0 Å². The average Bonchev–Trinajstić information content (AvgIpc) is 2.46. The highest BCUT2D eigenvalue weighted by Gasteiger charge is 2.37. The fourth-order valence-electron chi connectivity index (χ4n) is 2.91. The number of nitriles is 1. The van der Waals surface area contributed by atoms with E-state index in [1.54, 1.807) is 19.1 Å². The minimum absolute atomic E-state index is 0.0394. The number of hydrogen-bond acceptors (Lipinski definition) is 4. The van der Waals surface area contributed by atoms with Gasteiger partial charge in [-0.15, -0.1) is 0 Å². The lowest BCUT2D eigenvalue weighted by molar-refractivity contribution is 0.113. The third-order valence-electron chi connectivity index (χ3n) is 4.18. The van der Waals surface area contributed by atoms with Gasteiger partial charge in [0.05, 0.1) is 18.2 Å². The largest absolute Gasteiger partial charge is 0.395 e. The smallest absolute Gasteiger partial charge is 0.244 e. The number of nitrogens with zero attached hydrogens (tertiary/aromatic N) is 2. The van der Waals surface area contributed by atoms with Crippen LogP contribution in [-0.2, 0) is 10.0 Å². The van der Waals surface area contributed by atoms with E-state index in [4.69, 9.17) is 0 Å². The molecule has 2 rings (SSSR count). The van der Waals surface area contributed by atoms with Crippen molar-refractivity contribution in [1.29, 1.82) is 5.26 Å². The summed E-state index contributed by atoms with van der Waals surface area (Å²) in [7, 11) is -3.77. The molecule has 0 aromatic heterocycles. The molecule has 1 heterocycles. The van der Waals surface area contributed by atoms with Crippen molar-refractivity contribution in [3.05, 3.63) is 29.3 Å². The van der Waals surface area contributed by atoms with Gasteiger partial charge in [-0.1, -0.05) is 19.1 Å². The molecule has 1 N–H and O–H groups in total. The van der Waals surface area contributed by atoms with Gasteiger partial charge in [-0.3, -0.25) is 0 Å². The fraction of sp³-hybridized carbons (Fsp3) is 0.533. The van der Waals surface area contributed by atoms with Gasteiger partial charge in [-0.05, 0) is 37.3 Å². The Balaban J connectivity index is 2.52. The number of aliphatic hydroxyl groups is 1. The maximum atomic E-state index is 12.9. The molecule has 1 aromatic carbocycles. The first-order chi connectivity index (χ1) is 9.93. The highest BCUT2D eigenvalue weighted by molar-refractivity contribution is 7.89. The molecular weight excluding hydrogens is 288 g/mol. The molecule has 114 valence electrons. The number of aryl methyl sites for hydroxylation is 1. The molecule has 1 aliphatic rings. The molecule has 0 saturated carbocycles. The van der Waals surface area contributed by atoms with Gasteiger partial charge < -0.3 is 5.11 Å². The van der Waals surface area contributed by atoms with Gasteiger partial charge in [0.2, 0.25) is 10.0 Å². The summed E-state index contributed by atoms with van der Waals surface area (Å²) in [6, 6.07) is 6.40. The van der Waals surface area contributed by atoms with Crippen molar-refractivity contribution in [3.8, 4) is 6.07 Å². The molecule has 5 nitrogen and oxygen atoms in total. The van der Waals surface area contributed by atoms with Crippen molar-refractivity contribution >= 4 is 10.0 Å². The fourth-order valence-corrected chi connectivity index (χ4v) is 4.87. The number of piperidine rings is 1. The molecule has 0 radical (unpaired) electrons. The Labute approximate surface area is 125 Å². The van der Waals surface area contributed by atoms with Crippen LogP contribution in [0.2, 0.25) is 0 Å². The lowest BCUT2D eigenvalue weighted by atomic mass is 9.93. The van der Waals surface area contributed by atoms with Gasteiger partial charge >= 0.3 is 0 Å². The average molecular weight is 308 g/mol. The van der Waals surface area contributed by atoms with Gasteiger partial charge in [0, 0.05) is 6.54 Å². The first kappa shape index (κ1) is 16.0. The summed E-state index contributed by atoms with van der Waals surface area (Å²) in [5.41, 5.74) is 0.830. The highest BCUT2D eigenvalue weighted by atomic mass is 32.2. The standard InChI is InChI=1S/C15H20N2O3S/c1-11-5-3-7-15(13(11)9-16)21(19,20)17-8-4-6-12(2)14(17)10-18/h3,5,7,12,14,18H,4,6,8,10H2,1-2H3. The van der Waals surface area contributed by atoms with Crippen molar-refractivity contribution in [2.75, 3.05) is 13.2 Å². The molecule has 0 amide bonds. The Morgan fingerprint density at radius 3 is 2.81 bits per heavy atom. The van der Waals surface area contributed by atoms with Crippen molar-refractivity contribution in [2.24, 2.45) is 5.92 Å². The molecule has 0 spiro atoms. The van der Waals surface area contributed by atoms with Crippen LogP contribution in [-0.4, -0.2) is 37.0 Å². The molecule has 1 saturated heterocycles. The molecule has 6 heteroatoms. The van der Waals surface area contributed by atoms with E-state index in [1.807, 2.05) is 13.0 Å². The van der Waals surface area contributed by atoms with Crippen LogP contribution < -0.4 is 0 Å². The van der Waals surface area contributed by atoms with Gasteiger partial charge in [0.15, 0.2) is 0 Å². The van der Waals surface area contributed by atoms with Crippen molar-refractivity contribution < 1.29 is 13.5 Å². The predicted molar refractivity (Wildman–Crippen MR) is 79.1 cm³/mol. The summed E-state index contributed by atoms with van der Waals surface area (Å²) < 4.78 is 27.2. The van der Waals surface area contributed by atoms with Crippen LogP contribution in [0.25, 0.3) is 0 Å². The number of benzene rings is 1. The molecule has 1 aliphatic heterocycles. The van der Waals surface area contributed by atoms with Gasteiger partial charge in [0.25, 0.3) is 0 Å². The molecule has 1 fully saturated rings. The van der Waals surface area contributed by atoms with E-state index in [1.165, 1.54) is 10.4 Å². The Morgan fingerprint density at radius 2 is 2.19 bits per heavy atom. The Morgan fingerprint density at radius 1 is 1.48 bits per heavy atom. The van der Waals surface area contributed by atoms with Crippen LogP contribution in [0.4, 0.5) is 0 Å². The van der Waals surface area contributed by atoms with Crippen molar-refractivity contribution in [1.82, 2.24) is 4.31 Å². The van der Waals surface area contributed by atoms with Crippen molar-refractivity contribution in [2.45, 2.75) is 37.6 Å². The summed E-state index contributed by atoms with van der Waals surface area (Å²) in [5, 5.41) is 18.8. The highest BCUT2D eigenvalue weighted by Crippen LogP contribution is 2.30. The van der Waals surface area contributed by atoms with Gasteiger partial charge in [-0.25, -0.2) is 8.42 Å². The van der Waals surface area contributed by atoms with E-state index in [-0.39, 0.29) is 23.0 Å². The predicted octanol–water partition coefficient (Wildman–Crippen LogP) is 1.65. The Kier molecular flexibility index (Phi) is 4.67. The van der Waals surface area contributed by atoms with Crippen molar-refractivity contribution in [3.63, 3.8) is 0 Å². The lowest BCUT2D eigenvalue weighted by Gasteiger charge is -2.38. The maximum absolute atomic E-state index is 12.9. The quantitative estimate of drug-likeness (QED) is 0.920. The topological polar surface area (TPSA) is 81.4 Å². The van der Waals surface area contributed by atoms with Crippen LogP contribution in [0, 0.1) is 24.2 Å². The van der Waals surface area contributed by atoms with E-state index in [0.29, 0.717) is 12.1 Å². The first-order valence-electron chi connectivity index (χ1n) is 7.06. The second-order valence-corrected chi connectivity index (χ2v) is 7.40. The number of rotatable bonds is 3. The van der Waals surface area contributed by atoms with Crippen LogP contribution >= 0.6 is 0 Å². The van der Waals surface area contributed by atoms with E-state index in [2.05, 4.69) is 0 Å². The van der Waals surface area contributed by atoms with E-state index in [9.17, 15) is 18.8 Å². The third kappa shape index (κ3) is 2.82. The first-order valence-corrected chi connectivity index (χ1v) is 8.50. The SMILES string of the molecule is Cc1cccc(S(=O)(=O)N2CCCC(C)C2CO)c1C#N. The normalized spacial score (nSPS) is 23.7. The van der Waals surface area contributed by atoms with Gasteiger partial charge in [0.1, 0.15) is 11.0 Å². The van der Waals surface area contributed by atoms with E-state index >= 15 is 0 Å². The molecule has 0 aliphatic carbocycles. The van der Waals surface area contributed by atoms with E-state index in [0.717, 1.165) is 12.8 Å². The number of sulfonamides is 1. The second kappa shape index (κ2) is 6.14. The van der Waals surface area contributed by atoms with E-state index < -0.39 is 16.1 Å². The summed E-state index contributed by atoms with van der Waals surface area (Å²) in [4.78, 5) is 0.0394. The summed E-state index contributed by atoms with van der Waals surface area (Å²) in [5.74, 6) is 0.105. The molecular formula is C15H20N2O3S. The van der Waals surface area contributed by atoms with Crippen LogP contribution in [0.5, 0.6) is 0 Å². The minimum atomic E-state index is -3.77. The molecule has 2 unspecified atom stereocenters. The zero-order valence-corrected chi connectivity index (χ0v) is 13.1.